The molecule has 0 spiro atoms. The minimum Gasteiger partial charge on any atom is -0.330 e. The predicted molar refractivity (Wildman–Crippen MR) is 70.9 cm³/mol. The van der Waals surface area contributed by atoms with E-state index >= 15 is 0 Å². The van der Waals surface area contributed by atoms with E-state index in [4.69, 9.17) is 5.73 Å². The van der Waals surface area contributed by atoms with E-state index in [2.05, 4.69) is 11.1 Å². The molecular weight excluding hydrogens is 227 g/mol. The Kier molecular flexibility index (Phi) is 2.78. The van der Waals surface area contributed by atoms with Gasteiger partial charge in [0.2, 0.25) is 0 Å². The van der Waals surface area contributed by atoms with E-state index in [1.54, 1.807) is 6.07 Å². The maximum atomic E-state index is 13.6. The zero-order valence-corrected chi connectivity index (χ0v) is 10.3. The molecule has 3 heteroatoms. The first-order chi connectivity index (χ1) is 8.75. The minimum absolute atomic E-state index is 0.0630. The molecule has 2 nitrogen and oxygen atoms in total. The van der Waals surface area contributed by atoms with Crippen LogP contribution < -0.4 is 5.73 Å². The summed E-state index contributed by atoms with van der Waals surface area (Å²) in [6.07, 6.45) is 6.48. The predicted octanol–water partition coefficient (Wildman–Crippen LogP) is 3.14. The number of pyridine rings is 1. The topological polar surface area (TPSA) is 38.9 Å². The van der Waals surface area contributed by atoms with Crippen molar-refractivity contribution in [3.63, 3.8) is 0 Å². The summed E-state index contributed by atoms with van der Waals surface area (Å²) in [5, 5.41) is 0.868. The van der Waals surface area contributed by atoms with Crippen LogP contribution in [-0.2, 0) is 5.41 Å². The van der Waals surface area contributed by atoms with Crippen LogP contribution in [0.15, 0.2) is 30.5 Å². The lowest BCUT2D eigenvalue weighted by atomic mass is 9.79. The Morgan fingerprint density at radius 2 is 2.06 bits per heavy atom. The summed E-state index contributed by atoms with van der Waals surface area (Å²) in [6.45, 7) is 0.648. The van der Waals surface area contributed by atoms with E-state index in [1.807, 2.05) is 12.3 Å². The van der Waals surface area contributed by atoms with Gasteiger partial charge in [0.15, 0.2) is 0 Å². The summed E-state index contributed by atoms with van der Waals surface area (Å²) in [4.78, 5) is 4.29. The molecule has 18 heavy (non-hydrogen) atoms. The molecule has 0 radical (unpaired) electrons. The molecule has 1 aromatic carbocycles. The van der Waals surface area contributed by atoms with Gasteiger partial charge in [-0.05, 0) is 30.5 Å². The van der Waals surface area contributed by atoms with Gasteiger partial charge in [-0.1, -0.05) is 25.0 Å². The summed E-state index contributed by atoms with van der Waals surface area (Å²) in [6, 6.07) is 7.15. The number of rotatable bonds is 2. The molecule has 0 saturated heterocycles. The highest BCUT2D eigenvalue weighted by Gasteiger charge is 2.34. The van der Waals surface area contributed by atoms with Crippen molar-refractivity contribution in [3.05, 3.63) is 41.8 Å². The van der Waals surface area contributed by atoms with E-state index in [0.717, 1.165) is 18.2 Å². The van der Waals surface area contributed by atoms with Crippen molar-refractivity contribution in [2.75, 3.05) is 6.54 Å². The van der Waals surface area contributed by atoms with Crippen LogP contribution >= 0.6 is 0 Å². The van der Waals surface area contributed by atoms with Gasteiger partial charge in [0, 0.05) is 23.5 Å². The largest absolute Gasteiger partial charge is 0.330 e. The van der Waals surface area contributed by atoms with Crippen LogP contribution in [0.25, 0.3) is 10.9 Å². The summed E-state index contributed by atoms with van der Waals surface area (Å²) < 4.78 is 13.6. The van der Waals surface area contributed by atoms with Crippen molar-refractivity contribution < 1.29 is 4.39 Å². The van der Waals surface area contributed by atoms with Gasteiger partial charge in [0.1, 0.15) is 11.3 Å². The normalized spacial score (nSPS) is 18.3. The van der Waals surface area contributed by atoms with Gasteiger partial charge in [-0.25, -0.2) is 4.39 Å². The fourth-order valence-electron chi connectivity index (χ4n) is 3.08. The third-order valence-electron chi connectivity index (χ3n) is 4.23. The van der Waals surface area contributed by atoms with Crippen LogP contribution in [0.1, 0.15) is 31.2 Å². The zero-order chi connectivity index (χ0) is 12.6. The van der Waals surface area contributed by atoms with E-state index in [-0.39, 0.29) is 11.2 Å². The Morgan fingerprint density at radius 1 is 1.28 bits per heavy atom. The van der Waals surface area contributed by atoms with E-state index in [9.17, 15) is 4.39 Å². The Morgan fingerprint density at radius 3 is 2.78 bits per heavy atom. The lowest BCUT2D eigenvalue weighted by molar-refractivity contribution is 0.452. The first-order valence-electron chi connectivity index (χ1n) is 6.50. The number of benzene rings is 1. The lowest BCUT2D eigenvalue weighted by Gasteiger charge is -2.27. The van der Waals surface area contributed by atoms with Crippen LogP contribution in [0.3, 0.4) is 0 Å². The van der Waals surface area contributed by atoms with Gasteiger partial charge in [0.25, 0.3) is 0 Å². The second-order valence-corrected chi connectivity index (χ2v) is 5.23. The number of nitrogens with two attached hydrogens (primary N) is 1. The van der Waals surface area contributed by atoms with Gasteiger partial charge >= 0.3 is 0 Å². The van der Waals surface area contributed by atoms with Crippen molar-refractivity contribution in [2.24, 2.45) is 5.73 Å². The standard InChI is InChI=1S/C15H17FN2/c16-13-5-3-4-11-8-12(9-18-14(11)13)15(10-17)6-1-2-7-15/h3-5,8-9H,1-2,6-7,10,17H2. The maximum absolute atomic E-state index is 13.6. The number of hydrogen-bond acceptors (Lipinski definition) is 2. The molecule has 0 unspecified atom stereocenters. The Hall–Kier alpha value is -1.48. The highest BCUT2D eigenvalue weighted by atomic mass is 19.1. The molecule has 1 aromatic heterocycles. The van der Waals surface area contributed by atoms with Gasteiger partial charge in [0.05, 0.1) is 0 Å². The van der Waals surface area contributed by atoms with Crippen molar-refractivity contribution in [1.29, 1.82) is 0 Å². The average Bonchev–Trinajstić information content (AvgIpc) is 2.89. The van der Waals surface area contributed by atoms with E-state index in [0.29, 0.717) is 12.1 Å². The van der Waals surface area contributed by atoms with Crippen molar-refractivity contribution >= 4 is 10.9 Å². The van der Waals surface area contributed by atoms with E-state index < -0.39 is 0 Å². The molecule has 94 valence electrons. The number of nitrogens with zero attached hydrogens (tertiary/aromatic N) is 1. The van der Waals surface area contributed by atoms with Gasteiger partial charge < -0.3 is 5.73 Å². The number of halogens is 1. The molecule has 1 aliphatic rings. The quantitative estimate of drug-likeness (QED) is 0.881. The molecule has 3 rings (SSSR count). The summed E-state index contributed by atoms with van der Waals surface area (Å²) in [5.74, 6) is -0.257. The first-order valence-corrected chi connectivity index (χ1v) is 6.50. The molecule has 1 heterocycles. The third-order valence-corrected chi connectivity index (χ3v) is 4.23. The second kappa shape index (κ2) is 4.32. The molecule has 1 aliphatic carbocycles. The number of para-hydroxylation sites is 1. The van der Waals surface area contributed by atoms with Crippen LogP contribution in [0.5, 0.6) is 0 Å². The number of fused-ring (bicyclic) bond motifs is 1. The SMILES string of the molecule is NCC1(c2cnc3c(F)cccc3c2)CCCC1. The Bertz CT molecular complexity index is 574. The average molecular weight is 244 g/mol. The summed E-state index contributed by atoms with van der Waals surface area (Å²) in [7, 11) is 0. The first kappa shape index (κ1) is 11.6. The highest BCUT2D eigenvalue weighted by Crippen LogP contribution is 2.40. The molecule has 0 bridgehead atoms. The van der Waals surface area contributed by atoms with Crippen LogP contribution in [0.4, 0.5) is 4.39 Å². The molecule has 0 amide bonds. The van der Waals surface area contributed by atoms with Gasteiger partial charge in [-0.3, -0.25) is 4.98 Å². The van der Waals surface area contributed by atoms with Gasteiger partial charge in [-0.2, -0.15) is 0 Å². The van der Waals surface area contributed by atoms with Crippen LogP contribution in [-0.4, -0.2) is 11.5 Å². The van der Waals surface area contributed by atoms with Crippen molar-refractivity contribution in [3.8, 4) is 0 Å². The Labute approximate surface area is 106 Å². The van der Waals surface area contributed by atoms with Gasteiger partial charge in [-0.15, -0.1) is 0 Å². The van der Waals surface area contributed by atoms with Crippen LogP contribution in [0, 0.1) is 5.82 Å². The monoisotopic (exact) mass is 244 g/mol. The maximum Gasteiger partial charge on any atom is 0.149 e. The van der Waals surface area contributed by atoms with Crippen molar-refractivity contribution in [2.45, 2.75) is 31.1 Å². The second-order valence-electron chi connectivity index (χ2n) is 5.23. The summed E-state index contributed by atoms with van der Waals surface area (Å²) in [5.41, 5.74) is 7.65. The minimum atomic E-state index is -0.257. The van der Waals surface area contributed by atoms with Crippen LogP contribution in [0.2, 0.25) is 0 Å². The molecule has 1 fully saturated rings. The van der Waals surface area contributed by atoms with Crippen molar-refractivity contribution in [1.82, 2.24) is 4.98 Å². The Balaban J connectivity index is 2.13. The highest BCUT2D eigenvalue weighted by molar-refractivity contribution is 5.79. The molecule has 0 aliphatic heterocycles. The molecule has 2 N–H and O–H groups in total. The lowest BCUT2D eigenvalue weighted by Crippen LogP contribution is -2.32. The number of aromatic nitrogens is 1. The number of hydrogen-bond donors (Lipinski definition) is 1. The molecular formula is C15H17FN2. The molecule has 2 aromatic rings. The molecule has 1 saturated carbocycles. The smallest absolute Gasteiger partial charge is 0.149 e. The third kappa shape index (κ3) is 1.70. The molecule has 0 atom stereocenters. The summed E-state index contributed by atoms with van der Waals surface area (Å²) >= 11 is 0. The zero-order valence-electron chi connectivity index (χ0n) is 10.3. The van der Waals surface area contributed by atoms with E-state index in [1.165, 1.54) is 24.5 Å². The fraction of sp³-hybridized carbons (Fsp3) is 0.400. The fourth-order valence-corrected chi connectivity index (χ4v) is 3.08.